The van der Waals surface area contributed by atoms with Crippen molar-refractivity contribution in [2.24, 2.45) is 5.92 Å². The zero-order valence-electron chi connectivity index (χ0n) is 11.9. The van der Waals surface area contributed by atoms with Crippen molar-refractivity contribution in [2.75, 3.05) is 26.7 Å². The minimum Gasteiger partial charge on any atom is -0.367 e. The number of piperidine rings is 1. The predicted octanol–water partition coefficient (Wildman–Crippen LogP) is 1.58. The van der Waals surface area contributed by atoms with Crippen molar-refractivity contribution >= 4 is 5.91 Å². The van der Waals surface area contributed by atoms with Crippen molar-refractivity contribution in [3.05, 3.63) is 35.9 Å². The van der Waals surface area contributed by atoms with Gasteiger partial charge in [0.2, 0.25) is 0 Å². The summed E-state index contributed by atoms with van der Waals surface area (Å²) in [6, 6.07) is 10.1. The van der Waals surface area contributed by atoms with E-state index in [-0.39, 0.29) is 5.91 Å². The number of nitrogens with zero attached hydrogens (tertiary/aromatic N) is 1. The van der Waals surface area contributed by atoms with Crippen LogP contribution in [0, 0.1) is 5.92 Å². The third-order valence-electron chi connectivity index (χ3n) is 4.52. The van der Waals surface area contributed by atoms with Gasteiger partial charge in [-0.3, -0.25) is 4.79 Å². The number of rotatable bonds is 3. The molecule has 20 heavy (non-hydrogen) atoms. The fourth-order valence-corrected chi connectivity index (χ4v) is 3.50. The highest BCUT2D eigenvalue weighted by atomic mass is 16.5. The molecule has 0 aromatic heterocycles. The lowest BCUT2D eigenvalue weighted by molar-refractivity contribution is -0.146. The number of nitrogens with one attached hydrogen (secondary N) is 1. The molecule has 4 nitrogen and oxygen atoms in total. The molecule has 0 saturated carbocycles. The van der Waals surface area contributed by atoms with Crippen molar-refractivity contribution < 1.29 is 9.53 Å². The molecule has 1 amide bonds. The number of likely N-dealkylation sites (tertiary alicyclic amines) is 1. The summed E-state index contributed by atoms with van der Waals surface area (Å²) in [6.45, 7) is 2.81. The van der Waals surface area contributed by atoms with Crippen LogP contribution >= 0.6 is 0 Å². The van der Waals surface area contributed by atoms with Crippen LogP contribution in [0.4, 0.5) is 0 Å². The normalized spacial score (nSPS) is 27.1. The lowest BCUT2D eigenvalue weighted by Crippen LogP contribution is -2.50. The Kier molecular flexibility index (Phi) is 4.03. The molecule has 3 atom stereocenters. The highest BCUT2D eigenvalue weighted by Crippen LogP contribution is 2.30. The van der Waals surface area contributed by atoms with Crippen molar-refractivity contribution in [1.82, 2.24) is 10.2 Å². The average molecular weight is 274 g/mol. The van der Waals surface area contributed by atoms with E-state index in [1.54, 1.807) is 7.11 Å². The molecular weight excluding hydrogens is 252 g/mol. The maximum Gasteiger partial charge on any atom is 0.256 e. The van der Waals surface area contributed by atoms with E-state index in [2.05, 4.69) is 5.32 Å². The first kappa shape index (κ1) is 13.6. The quantitative estimate of drug-likeness (QED) is 0.910. The van der Waals surface area contributed by atoms with E-state index in [4.69, 9.17) is 4.74 Å². The number of methoxy groups -OCH3 is 1. The summed E-state index contributed by atoms with van der Waals surface area (Å²) in [4.78, 5) is 14.9. The number of amides is 1. The Balaban J connectivity index is 1.79. The number of hydrogen-bond donors (Lipinski definition) is 1. The monoisotopic (exact) mass is 274 g/mol. The number of ether oxygens (including phenoxy) is 1. The van der Waals surface area contributed by atoms with Gasteiger partial charge in [0.1, 0.15) is 0 Å². The smallest absolute Gasteiger partial charge is 0.256 e. The summed E-state index contributed by atoms with van der Waals surface area (Å²) in [6.07, 6.45) is 1.85. The summed E-state index contributed by atoms with van der Waals surface area (Å²) in [5.41, 5.74) is 0.938. The summed E-state index contributed by atoms with van der Waals surface area (Å²) >= 11 is 0. The second-order valence-electron chi connectivity index (χ2n) is 5.69. The minimum absolute atomic E-state index is 0.108. The molecule has 1 aromatic rings. The van der Waals surface area contributed by atoms with Crippen LogP contribution in [-0.2, 0) is 9.53 Å². The first-order valence-corrected chi connectivity index (χ1v) is 7.40. The molecule has 0 radical (unpaired) electrons. The van der Waals surface area contributed by atoms with Gasteiger partial charge in [0.15, 0.2) is 6.10 Å². The van der Waals surface area contributed by atoms with Gasteiger partial charge < -0.3 is 15.0 Å². The second-order valence-corrected chi connectivity index (χ2v) is 5.69. The number of hydrogen-bond acceptors (Lipinski definition) is 3. The van der Waals surface area contributed by atoms with Crippen molar-refractivity contribution in [3.63, 3.8) is 0 Å². The molecule has 3 rings (SSSR count). The van der Waals surface area contributed by atoms with Gasteiger partial charge in [-0.25, -0.2) is 0 Å². The van der Waals surface area contributed by atoms with E-state index in [0.717, 1.165) is 31.6 Å². The Bertz CT molecular complexity index is 463. The predicted molar refractivity (Wildman–Crippen MR) is 77.3 cm³/mol. The van der Waals surface area contributed by atoms with Gasteiger partial charge in [0.05, 0.1) is 0 Å². The largest absolute Gasteiger partial charge is 0.367 e. The molecule has 108 valence electrons. The van der Waals surface area contributed by atoms with Gasteiger partial charge in [-0.1, -0.05) is 30.3 Å². The lowest BCUT2D eigenvalue weighted by atomic mass is 9.91. The molecule has 2 aliphatic rings. The van der Waals surface area contributed by atoms with Gasteiger partial charge >= 0.3 is 0 Å². The Morgan fingerprint density at radius 2 is 2.15 bits per heavy atom. The van der Waals surface area contributed by atoms with Crippen molar-refractivity contribution in [2.45, 2.75) is 25.0 Å². The van der Waals surface area contributed by atoms with Gasteiger partial charge in [0, 0.05) is 32.8 Å². The van der Waals surface area contributed by atoms with Crippen LogP contribution in [0.25, 0.3) is 0 Å². The third-order valence-corrected chi connectivity index (χ3v) is 4.52. The number of carbonyl (C=O) groups excluding carboxylic acids is 1. The summed E-state index contributed by atoms with van der Waals surface area (Å²) < 4.78 is 5.49. The van der Waals surface area contributed by atoms with Gasteiger partial charge in [-0.05, 0) is 24.3 Å². The molecule has 2 fully saturated rings. The fraction of sp³-hybridized carbons (Fsp3) is 0.562. The summed E-state index contributed by atoms with van der Waals surface area (Å²) in [7, 11) is 1.61. The molecule has 2 aliphatic heterocycles. The van der Waals surface area contributed by atoms with E-state index < -0.39 is 6.10 Å². The zero-order valence-corrected chi connectivity index (χ0v) is 11.9. The van der Waals surface area contributed by atoms with Crippen LogP contribution < -0.4 is 5.32 Å². The Labute approximate surface area is 120 Å². The average Bonchev–Trinajstić information content (AvgIpc) is 2.97. The molecule has 3 unspecified atom stereocenters. The summed E-state index contributed by atoms with van der Waals surface area (Å²) in [5.74, 6) is 0.720. The fourth-order valence-electron chi connectivity index (χ4n) is 3.50. The van der Waals surface area contributed by atoms with Crippen LogP contribution in [0.2, 0.25) is 0 Å². The Morgan fingerprint density at radius 1 is 1.35 bits per heavy atom. The van der Waals surface area contributed by atoms with Crippen molar-refractivity contribution in [1.29, 1.82) is 0 Å². The Morgan fingerprint density at radius 3 is 2.90 bits per heavy atom. The van der Waals surface area contributed by atoms with Crippen LogP contribution in [0.3, 0.4) is 0 Å². The van der Waals surface area contributed by atoms with Crippen LogP contribution in [0.1, 0.15) is 24.5 Å². The zero-order chi connectivity index (χ0) is 13.9. The molecule has 1 aromatic carbocycles. The second kappa shape index (κ2) is 5.94. The van der Waals surface area contributed by atoms with Crippen LogP contribution in [0.15, 0.2) is 30.3 Å². The lowest BCUT2D eigenvalue weighted by Gasteiger charge is -2.38. The number of benzene rings is 1. The molecule has 4 heteroatoms. The van der Waals surface area contributed by atoms with Crippen molar-refractivity contribution in [3.8, 4) is 0 Å². The van der Waals surface area contributed by atoms with E-state index in [0.29, 0.717) is 12.0 Å². The number of carbonyl (C=O) groups is 1. The SMILES string of the molecule is COC(C(=O)N1CCCC2CNCC21)c1ccccc1. The van der Waals surface area contributed by atoms with Gasteiger partial charge in [-0.15, -0.1) is 0 Å². The van der Waals surface area contributed by atoms with Crippen LogP contribution in [0.5, 0.6) is 0 Å². The topological polar surface area (TPSA) is 41.6 Å². The minimum atomic E-state index is -0.476. The molecule has 2 heterocycles. The molecule has 0 spiro atoms. The highest BCUT2D eigenvalue weighted by molar-refractivity contribution is 5.83. The molecule has 0 bridgehead atoms. The molecule has 2 saturated heterocycles. The number of fused-ring (bicyclic) bond motifs is 1. The first-order valence-electron chi connectivity index (χ1n) is 7.40. The molecule has 1 N–H and O–H groups in total. The molecule has 0 aliphatic carbocycles. The van der Waals surface area contributed by atoms with Gasteiger partial charge in [0.25, 0.3) is 5.91 Å². The van der Waals surface area contributed by atoms with E-state index >= 15 is 0 Å². The van der Waals surface area contributed by atoms with E-state index in [1.165, 1.54) is 6.42 Å². The van der Waals surface area contributed by atoms with E-state index in [9.17, 15) is 4.79 Å². The van der Waals surface area contributed by atoms with E-state index in [1.807, 2.05) is 35.2 Å². The molecular formula is C16H22N2O2. The van der Waals surface area contributed by atoms with Gasteiger partial charge in [-0.2, -0.15) is 0 Å². The standard InChI is InChI=1S/C16H22N2O2/c1-20-15(12-6-3-2-4-7-12)16(19)18-9-5-8-13-10-17-11-14(13)18/h2-4,6-7,13-15,17H,5,8-11H2,1H3. The Hall–Kier alpha value is -1.39. The first-order chi connectivity index (χ1) is 9.81. The summed E-state index contributed by atoms with van der Waals surface area (Å²) in [5, 5.41) is 3.41. The third kappa shape index (κ3) is 2.45. The maximum absolute atomic E-state index is 12.8. The highest BCUT2D eigenvalue weighted by Gasteiger charge is 2.39. The maximum atomic E-state index is 12.8. The van der Waals surface area contributed by atoms with Crippen LogP contribution in [-0.4, -0.2) is 43.6 Å².